The number of benzene rings is 6. The Balaban J connectivity index is 0.000000148. The van der Waals surface area contributed by atoms with Gasteiger partial charge in [0.1, 0.15) is 58.1 Å². The fourth-order valence-corrected chi connectivity index (χ4v) is 10.7. The SMILES string of the molecule is CN(C)Cc1ccc2c(ccc3onc(C4CCC(=O)CC4=O)c32)c1.CN(C)Cc1ccc2c(ccc3onc(C4CCC(=O)CC4=O)c32)c1.Cl.Cl.O=Cc1ccc2c(ccc3onc(C4CCC(=O)CC4=O)c32)c1. The zero-order valence-corrected chi connectivity index (χ0v) is 43.5. The summed E-state index contributed by atoms with van der Waals surface area (Å²) in [6.45, 7) is 1.74. The van der Waals surface area contributed by atoms with Gasteiger partial charge in [-0.25, -0.2) is 0 Å². The van der Waals surface area contributed by atoms with Gasteiger partial charge in [-0.05, 0) is 127 Å². The molecule has 6 aromatic carbocycles. The van der Waals surface area contributed by atoms with Crippen molar-refractivity contribution >= 4 is 131 Å². The molecule has 3 unspecified atom stereocenters. The second kappa shape index (κ2) is 22.7. The molecule has 12 rings (SSSR count). The Morgan fingerprint density at radius 2 is 0.800 bits per heavy atom. The third-order valence-corrected chi connectivity index (χ3v) is 14.1. The number of aromatic nitrogens is 3. The standard InChI is InChI=1S/2C20H20N2O3.C18H13NO4.2ClH/c2*1-22(2)11-12-3-6-15-13(9-12)4-8-18-19(15)20(21-25-18)16-7-5-14(23)10-17(16)24;20-9-10-1-4-13-11(7-10)2-6-16-17(13)18(19-23-16)14-5-3-12(21)8-15(14)22;;/h2*3-4,6,8-9,16H,5,7,10-11H2,1-2H3;1-2,4,6-7,9,14H,3,5,8H2;2*1H. The molecular formula is C58H55Cl2N5O10. The highest BCUT2D eigenvalue weighted by atomic mass is 35.5. The second-order valence-corrected chi connectivity index (χ2v) is 20.0. The molecule has 75 heavy (non-hydrogen) atoms. The molecule has 3 aromatic heterocycles. The van der Waals surface area contributed by atoms with Gasteiger partial charge in [0.25, 0.3) is 0 Å². The van der Waals surface area contributed by atoms with Gasteiger partial charge in [0.05, 0.1) is 53.2 Å². The summed E-state index contributed by atoms with van der Waals surface area (Å²) in [5.41, 5.74) is 6.99. The van der Waals surface area contributed by atoms with Crippen LogP contribution >= 0.6 is 24.8 Å². The van der Waals surface area contributed by atoms with E-state index in [-0.39, 0.29) is 90.6 Å². The Labute approximate surface area is 443 Å². The quantitative estimate of drug-likeness (QED) is 0.103. The van der Waals surface area contributed by atoms with Crippen molar-refractivity contribution in [2.45, 2.75) is 88.6 Å². The maximum atomic E-state index is 12.4. The van der Waals surface area contributed by atoms with Gasteiger partial charge in [-0.2, -0.15) is 0 Å². The number of halogens is 2. The lowest BCUT2D eigenvalue weighted by atomic mass is 9.83. The number of Topliss-reactive ketones (excluding diaryl/α,β-unsaturated/α-hetero) is 6. The van der Waals surface area contributed by atoms with E-state index in [1.54, 1.807) is 18.2 Å². The molecule has 15 nitrogen and oxygen atoms in total. The Morgan fingerprint density at radius 1 is 0.467 bits per heavy atom. The minimum atomic E-state index is -0.398. The van der Waals surface area contributed by atoms with Crippen LogP contribution < -0.4 is 0 Å². The van der Waals surface area contributed by atoms with Gasteiger partial charge in [0.15, 0.2) is 16.7 Å². The normalized spacial score (nSPS) is 18.1. The van der Waals surface area contributed by atoms with Crippen molar-refractivity contribution in [2.75, 3.05) is 28.2 Å². The topological polar surface area (TPSA) is 204 Å². The molecule has 3 aliphatic rings. The van der Waals surface area contributed by atoms with Gasteiger partial charge in [0.2, 0.25) is 0 Å². The predicted octanol–water partition coefficient (Wildman–Crippen LogP) is 10.9. The Bertz CT molecular complexity index is 3560. The lowest BCUT2D eigenvalue weighted by molar-refractivity contribution is -0.132. The van der Waals surface area contributed by atoms with Gasteiger partial charge in [0, 0.05) is 37.9 Å². The molecular weight excluding hydrogens is 998 g/mol. The molecule has 0 amide bonds. The smallest absolute Gasteiger partial charge is 0.167 e. The van der Waals surface area contributed by atoms with Crippen LogP contribution in [0.2, 0.25) is 0 Å². The molecule has 386 valence electrons. The summed E-state index contributed by atoms with van der Waals surface area (Å²) in [4.78, 5) is 86.6. The van der Waals surface area contributed by atoms with E-state index < -0.39 is 5.92 Å². The van der Waals surface area contributed by atoms with Crippen LogP contribution in [0.15, 0.2) is 105 Å². The highest BCUT2D eigenvalue weighted by molar-refractivity contribution is 6.14. The van der Waals surface area contributed by atoms with E-state index in [2.05, 4.69) is 61.7 Å². The largest absolute Gasteiger partial charge is 0.356 e. The van der Waals surface area contributed by atoms with Gasteiger partial charge in [-0.1, -0.05) is 70.1 Å². The maximum Gasteiger partial charge on any atom is 0.167 e. The summed E-state index contributed by atoms with van der Waals surface area (Å²) in [5.74, 6) is -1.25. The average Bonchev–Trinajstić information content (AvgIpc) is 4.12. The lowest BCUT2D eigenvalue weighted by Crippen LogP contribution is -2.23. The number of rotatable bonds is 8. The molecule has 3 aliphatic carbocycles. The lowest BCUT2D eigenvalue weighted by Gasteiger charge is -2.18. The molecule has 3 fully saturated rings. The predicted molar refractivity (Wildman–Crippen MR) is 289 cm³/mol. The van der Waals surface area contributed by atoms with Gasteiger partial charge in [-0.15, -0.1) is 24.8 Å². The molecule has 0 saturated heterocycles. The van der Waals surface area contributed by atoms with Crippen LogP contribution in [0.25, 0.3) is 65.2 Å². The van der Waals surface area contributed by atoms with Crippen molar-refractivity contribution in [3.05, 3.63) is 125 Å². The van der Waals surface area contributed by atoms with Gasteiger partial charge in [-0.3, -0.25) is 33.6 Å². The van der Waals surface area contributed by atoms with Crippen LogP contribution in [0, 0.1) is 0 Å². The van der Waals surface area contributed by atoms with Crippen LogP contribution in [0.1, 0.15) is 114 Å². The van der Waals surface area contributed by atoms with E-state index in [1.165, 1.54) is 11.1 Å². The zero-order valence-electron chi connectivity index (χ0n) is 41.9. The first-order valence-electron chi connectivity index (χ1n) is 24.5. The van der Waals surface area contributed by atoms with Crippen molar-refractivity contribution < 1.29 is 47.1 Å². The molecule has 9 aromatic rings. The van der Waals surface area contributed by atoms with Crippen LogP contribution in [0.5, 0.6) is 0 Å². The third kappa shape index (κ3) is 11.1. The third-order valence-electron chi connectivity index (χ3n) is 14.1. The zero-order chi connectivity index (χ0) is 51.1. The molecule has 3 heterocycles. The summed E-state index contributed by atoms with van der Waals surface area (Å²) in [6, 6.07) is 29.6. The molecule has 0 radical (unpaired) electrons. The maximum absolute atomic E-state index is 12.4. The van der Waals surface area contributed by atoms with Crippen molar-refractivity contribution in [2.24, 2.45) is 0 Å². The van der Waals surface area contributed by atoms with Gasteiger partial charge >= 0.3 is 0 Å². The van der Waals surface area contributed by atoms with E-state index in [1.807, 2.05) is 64.6 Å². The van der Waals surface area contributed by atoms with E-state index in [0.29, 0.717) is 77.9 Å². The fourth-order valence-electron chi connectivity index (χ4n) is 10.7. The molecule has 3 atom stereocenters. The Kier molecular flexibility index (Phi) is 16.3. The van der Waals surface area contributed by atoms with Crippen molar-refractivity contribution in [1.82, 2.24) is 25.3 Å². The van der Waals surface area contributed by atoms with Crippen LogP contribution in [0.3, 0.4) is 0 Å². The van der Waals surface area contributed by atoms with E-state index in [9.17, 15) is 33.6 Å². The number of carbonyl (C=O) groups excluding carboxylic acids is 7. The summed E-state index contributed by atoms with van der Waals surface area (Å²) in [5, 5.41) is 21.2. The molecule has 17 heteroatoms. The number of nitrogens with zero attached hydrogens (tertiary/aromatic N) is 5. The number of hydrogen-bond acceptors (Lipinski definition) is 15. The number of fused-ring (bicyclic) bond motifs is 9. The van der Waals surface area contributed by atoms with Crippen LogP contribution in [0.4, 0.5) is 0 Å². The van der Waals surface area contributed by atoms with Crippen LogP contribution in [-0.4, -0.2) is 94.4 Å². The van der Waals surface area contributed by atoms with Crippen LogP contribution in [-0.2, 0) is 41.9 Å². The van der Waals surface area contributed by atoms with E-state index in [4.69, 9.17) is 13.6 Å². The Hall–Kier alpha value is -7.30. The second-order valence-electron chi connectivity index (χ2n) is 20.0. The Morgan fingerprint density at radius 3 is 1.12 bits per heavy atom. The number of carbonyl (C=O) groups is 7. The first-order valence-corrected chi connectivity index (χ1v) is 24.5. The minimum Gasteiger partial charge on any atom is -0.356 e. The molecule has 0 bridgehead atoms. The summed E-state index contributed by atoms with van der Waals surface area (Å²) in [6.07, 6.45) is 3.57. The number of aldehydes is 1. The summed E-state index contributed by atoms with van der Waals surface area (Å²) < 4.78 is 16.4. The minimum absolute atomic E-state index is 0. The van der Waals surface area contributed by atoms with Crippen molar-refractivity contribution in [3.63, 3.8) is 0 Å². The van der Waals surface area contributed by atoms with Gasteiger partial charge < -0.3 is 23.4 Å². The first kappa shape index (κ1) is 54.0. The fraction of sp³-hybridized carbons (Fsp3) is 0.310. The van der Waals surface area contributed by atoms with E-state index in [0.717, 1.165) is 67.9 Å². The number of ketones is 6. The molecule has 0 aliphatic heterocycles. The highest BCUT2D eigenvalue weighted by Crippen LogP contribution is 2.40. The summed E-state index contributed by atoms with van der Waals surface area (Å²) in [7, 11) is 8.17. The molecule has 0 N–H and O–H groups in total. The molecule has 3 saturated carbocycles. The highest BCUT2D eigenvalue weighted by Gasteiger charge is 2.35. The molecule has 0 spiro atoms. The first-order chi connectivity index (χ1) is 35.2. The van der Waals surface area contributed by atoms with Crippen molar-refractivity contribution in [1.29, 1.82) is 0 Å². The monoisotopic (exact) mass is 1050 g/mol. The van der Waals surface area contributed by atoms with E-state index >= 15 is 0 Å². The summed E-state index contributed by atoms with van der Waals surface area (Å²) >= 11 is 0. The van der Waals surface area contributed by atoms with Crippen molar-refractivity contribution in [3.8, 4) is 0 Å². The number of hydrogen-bond donors (Lipinski definition) is 0. The average molecular weight is 1050 g/mol.